The summed E-state index contributed by atoms with van der Waals surface area (Å²) in [5.74, 6) is 0. The monoisotopic (exact) mass is 186 g/mol. The summed E-state index contributed by atoms with van der Waals surface area (Å²) in [7, 11) is 0. The van der Waals surface area contributed by atoms with Crippen molar-refractivity contribution in [3.05, 3.63) is 42.0 Å². The Morgan fingerprint density at radius 1 is 1.29 bits per heavy atom. The fraction of sp³-hybridized carbons (Fsp3) is 0. The molecule has 3 aromatic heterocycles. The molecule has 0 aliphatic carbocycles. The highest BCUT2D eigenvalue weighted by Crippen LogP contribution is 2.24. The van der Waals surface area contributed by atoms with Gasteiger partial charge in [0.25, 0.3) is 0 Å². The first kappa shape index (κ1) is 7.32. The molecule has 0 atom stereocenters. The summed E-state index contributed by atoms with van der Waals surface area (Å²) >= 11 is 0. The normalized spacial score (nSPS) is 11.1. The number of furan rings is 1. The Labute approximate surface area is 79.0 Å². The van der Waals surface area contributed by atoms with Gasteiger partial charge in [-0.3, -0.25) is 4.98 Å². The minimum absolute atomic E-state index is 0.686. The first-order valence-electron chi connectivity index (χ1n) is 4.21. The number of aromatic nitrogens is 2. The van der Waals surface area contributed by atoms with Crippen molar-refractivity contribution >= 4 is 22.1 Å². The van der Waals surface area contributed by atoms with Crippen LogP contribution >= 0.6 is 0 Å². The molecule has 3 aromatic rings. The minimum Gasteiger partial charge on any atom is -0.619 e. The Hall–Kier alpha value is -2.10. The van der Waals surface area contributed by atoms with Gasteiger partial charge in [-0.2, -0.15) is 4.73 Å². The van der Waals surface area contributed by atoms with Gasteiger partial charge in [0.15, 0.2) is 18.0 Å². The second kappa shape index (κ2) is 2.45. The average molecular weight is 186 g/mol. The molecular formula is C10H6N2O2. The number of rotatable bonds is 0. The van der Waals surface area contributed by atoms with Crippen molar-refractivity contribution in [3.8, 4) is 0 Å². The highest BCUT2D eigenvalue weighted by molar-refractivity contribution is 6.01. The van der Waals surface area contributed by atoms with Gasteiger partial charge < -0.3 is 9.62 Å². The van der Waals surface area contributed by atoms with Crippen LogP contribution in [0.3, 0.4) is 0 Å². The van der Waals surface area contributed by atoms with E-state index in [1.165, 1.54) is 12.4 Å². The molecule has 3 heterocycles. The molecule has 0 fully saturated rings. The quantitative estimate of drug-likeness (QED) is 0.396. The van der Waals surface area contributed by atoms with Crippen molar-refractivity contribution in [2.45, 2.75) is 0 Å². The molecule has 0 unspecified atom stereocenters. The SMILES string of the molecule is [O-][n+]1ccc2oc3cccnc3c2c1. The molecular weight excluding hydrogens is 180 g/mol. The molecule has 0 saturated carbocycles. The van der Waals surface area contributed by atoms with Crippen LogP contribution in [0.25, 0.3) is 22.1 Å². The van der Waals surface area contributed by atoms with E-state index in [9.17, 15) is 5.21 Å². The smallest absolute Gasteiger partial charge is 0.193 e. The van der Waals surface area contributed by atoms with E-state index < -0.39 is 0 Å². The van der Waals surface area contributed by atoms with Crippen molar-refractivity contribution in [2.75, 3.05) is 0 Å². The molecule has 14 heavy (non-hydrogen) atoms. The van der Waals surface area contributed by atoms with Crippen molar-refractivity contribution in [2.24, 2.45) is 0 Å². The summed E-state index contributed by atoms with van der Waals surface area (Å²) in [6, 6.07) is 5.28. The number of pyridine rings is 2. The summed E-state index contributed by atoms with van der Waals surface area (Å²) in [5, 5.41) is 11.8. The summed E-state index contributed by atoms with van der Waals surface area (Å²) in [4.78, 5) is 4.16. The maximum Gasteiger partial charge on any atom is 0.193 e. The standard InChI is InChI=1S/C10H6N2O2/c13-12-5-3-8-7(6-12)10-9(14-8)2-1-4-11-10/h1-6H. The number of fused-ring (bicyclic) bond motifs is 3. The molecule has 0 aliphatic rings. The highest BCUT2D eigenvalue weighted by atomic mass is 16.5. The second-order valence-electron chi connectivity index (χ2n) is 3.03. The summed E-state index contributed by atoms with van der Waals surface area (Å²) in [6.07, 6.45) is 4.55. The van der Waals surface area contributed by atoms with Gasteiger partial charge in [-0.25, -0.2) is 0 Å². The fourth-order valence-electron chi connectivity index (χ4n) is 1.53. The largest absolute Gasteiger partial charge is 0.619 e. The van der Waals surface area contributed by atoms with Crippen molar-refractivity contribution in [1.82, 2.24) is 4.98 Å². The lowest BCUT2D eigenvalue weighted by atomic mass is 10.3. The van der Waals surface area contributed by atoms with Crippen LogP contribution in [-0.4, -0.2) is 4.98 Å². The van der Waals surface area contributed by atoms with Gasteiger partial charge in [0.2, 0.25) is 0 Å². The van der Waals surface area contributed by atoms with Crippen LogP contribution in [-0.2, 0) is 0 Å². The van der Waals surface area contributed by atoms with Crippen LogP contribution in [0.5, 0.6) is 0 Å². The van der Waals surface area contributed by atoms with Crippen molar-refractivity contribution in [1.29, 1.82) is 0 Å². The van der Waals surface area contributed by atoms with E-state index in [0.29, 0.717) is 11.2 Å². The maximum atomic E-state index is 11.1. The van der Waals surface area contributed by atoms with Gasteiger partial charge in [0, 0.05) is 12.3 Å². The third-order valence-corrected chi connectivity index (χ3v) is 2.14. The lowest BCUT2D eigenvalue weighted by Gasteiger charge is -1.92. The lowest BCUT2D eigenvalue weighted by Crippen LogP contribution is -2.23. The molecule has 0 aromatic carbocycles. The van der Waals surface area contributed by atoms with Gasteiger partial charge in [-0.1, -0.05) is 0 Å². The van der Waals surface area contributed by atoms with E-state index in [-0.39, 0.29) is 0 Å². The fourth-order valence-corrected chi connectivity index (χ4v) is 1.53. The topological polar surface area (TPSA) is 53.0 Å². The molecule has 4 heteroatoms. The van der Waals surface area contributed by atoms with Crippen molar-refractivity contribution < 1.29 is 9.15 Å². The Kier molecular flexibility index (Phi) is 1.28. The zero-order valence-electron chi connectivity index (χ0n) is 7.18. The highest BCUT2D eigenvalue weighted by Gasteiger charge is 2.09. The van der Waals surface area contributed by atoms with Crippen LogP contribution in [0, 0.1) is 5.21 Å². The van der Waals surface area contributed by atoms with E-state index in [2.05, 4.69) is 4.98 Å². The van der Waals surface area contributed by atoms with Gasteiger partial charge in [-0.15, -0.1) is 0 Å². The van der Waals surface area contributed by atoms with Crippen LogP contribution in [0.4, 0.5) is 0 Å². The van der Waals surface area contributed by atoms with E-state index in [1.54, 1.807) is 18.3 Å². The molecule has 0 saturated heterocycles. The first-order valence-corrected chi connectivity index (χ1v) is 4.21. The van der Waals surface area contributed by atoms with Gasteiger partial charge in [0.05, 0.1) is 0 Å². The van der Waals surface area contributed by atoms with E-state index in [1.807, 2.05) is 6.07 Å². The third kappa shape index (κ3) is 0.877. The van der Waals surface area contributed by atoms with E-state index in [4.69, 9.17) is 4.42 Å². The van der Waals surface area contributed by atoms with Crippen LogP contribution in [0.2, 0.25) is 0 Å². The second-order valence-corrected chi connectivity index (χ2v) is 3.03. The first-order chi connectivity index (χ1) is 6.84. The third-order valence-electron chi connectivity index (χ3n) is 2.14. The van der Waals surface area contributed by atoms with Crippen LogP contribution in [0.1, 0.15) is 0 Å². The number of hydrogen-bond acceptors (Lipinski definition) is 3. The zero-order chi connectivity index (χ0) is 9.54. The van der Waals surface area contributed by atoms with E-state index in [0.717, 1.165) is 15.6 Å². The molecule has 3 rings (SSSR count). The molecule has 0 aliphatic heterocycles. The molecule has 0 amide bonds. The summed E-state index contributed by atoms with van der Waals surface area (Å²) in [5.41, 5.74) is 2.12. The molecule has 68 valence electrons. The molecule has 0 spiro atoms. The molecule has 0 radical (unpaired) electrons. The Bertz CT molecular complexity index is 616. The van der Waals surface area contributed by atoms with Crippen molar-refractivity contribution in [3.63, 3.8) is 0 Å². The summed E-state index contributed by atoms with van der Waals surface area (Å²) < 4.78 is 6.23. The van der Waals surface area contributed by atoms with E-state index >= 15 is 0 Å². The Morgan fingerprint density at radius 2 is 2.21 bits per heavy atom. The zero-order valence-corrected chi connectivity index (χ0v) is 7.18. The summed E-state index contributed by atoms with van der Waals surface area (Å²) in [6.45, 7) is 0. The average Bonchev–Trinajstić information content (AvgIpc) is 2.56. The predicted octanol–water partition coefficient (Wildman–Crippen LogP) is 1.61. The van der Waals surface area contributed by atoms with Gasteiger partial charge in [-0.05, 0) is 12.1 Å². The molecule has 0 bridgehead atoms. The Morgan fingerprint density at radius 3 is 3.14 bits per heavy atom. The van der Waals surface area contributed by atoms with Gasteiger partial charge in [0.1, 0.15) is 16.5 Å². The molecule has 4 nitrogen and oxygen atoms in total. The number of hydrogen-bond donors (Lipinski definition) is 0. The number of nitrogens with zero attached hydrogens (tertiary/aromatic N) is 2. The Balaban J connectivity index is 2.58. The lowest BCUT2D eigenvalue weighted by molar-refractivity contribution is -0.603. The van der Waals surface area contributed by atoms with Crippen LogP contribution < -0.4 is 4.73 Å². The van der Waals surface area contributed by atoms with Crippen LogP contribution in [0.15, 0.2) is 41.2 Å². The predicted molar refractivity (Wildman–Crippen MR) is 50.5 cm³/mol. The van der Waals surface area contributed by atoms with Gasteiger partial charge >= 0.3 is 0 Å². The minimum atomic E-state index is 0.686. The molecule has 0 N–H and O–H groups in total. The maximum absolute atomic E-state index is 11.1.